The predicted molar refractivity (Wildman–Crippen MR) is 121 cm³/mol. The Bertz CT molecular complexity index is 1220. The van der Waals surface area contributed by atoms with E-state index in [0.29, 0.717) is 24.1 Å². The van der Waals surface area contributed by atoms with Crippen LogP contribution in [-0.4, -0.2) is 16.0 Å². The Morgan fingerprint density at radius 3 is 2.44 bits per heavy atom. The van der Waals surface area contributed by atoms with Gasteiger partial charge in [0.1, 0.15) is 6.07 Å². The van der Waals surface area contributed by atoms with E-state index < -0.39 is 23.3 Å². The third-order valence-corrected chi connectivity index (χ3v) is 5.97. The topological polar surface area (TPSA) is 90.7 Å². The third kappa shape index (κ3) is 5.01. The molecule has 4 rings (SSSR count). The molecule has 0 radical (unpaired) electrons. The van der Waals surface area contributed by atoms with Crippen LogP contribution in [0.1, 0.15) is 49.2 Å². The summed E-state index contributed by atoms with van der Waals surface area (Å²) in [6.45, 7) is 0. The highest BCUT2D eigenvalue weighted by molar-refractivity contribution is 5.90. The molecule has 9 heteroatoms. The van der Waals surface area contributed by atoms with Gasteiger partial charge in [0.15, 0.2) is 0 Å². The van der Waals surface area contributed by atoms with E-state index >= 15 is 0 Å². The van der Waals surface area contributed by atoms with Crippen LogP contribution in [0.5, 0.6) is 0 Å². The van der Waals surface area contributed by atoms with Gasteiger partial charge in [-0.05, 0) is 42.2 Å². The summed E-state index contributed by atoms with van der Waals surface area (Å²) in [7, 11) is 0. The number of nitriles is 1. The summed E-state index contributed by atoms with van der Waals surface area (Å²) in [5.41, 5.74) is -0.649. The normalized spacial score (nSPS) is 15.2. The van der Waals surface area contributed by atoms with Crippen molar-refractivity contribution in [1.82, 2.24) is 15.3 Å². The lowest BCUT2D eigenvalue weighted by atomic mass is 9.79. The van der Waals surface area contributed by atoms with Crippen LogP contribution in [0.25, 0.3) is 11.1 Å². The minimum Gasteiger partial charge on any atom is -0.327 e. The highest BCUT2D eigenvalue weighted by atomic mass is 19.4. The van der Waals surface area contributed by atoms with Gasteiger partial charge < -0.3 is 10.6 Å². The number of carbonyl (C=O) groups is 1. The summed E-state index contributed by atoms with van der Waals surface area (Å²) in [5.74, 6) is -0.00373. The molecule has 0 atom stereocenters. The van der Waals surface area contributed by atoms with Crippen LogP contribution in [0.3, 0.4) is 0 Å². The van der Waals surface area contributed by atoms with E-state index in [-0.39, 0.29) is 17.1 Å². The predicted octanol–water partition coefficient (Wildman–Crippen LogP) is 6.02. The summed E-state index contributed by atoms with van der Waals surface area (Å²) in [6, 6.07) is 14.9. The van der Waals surface area contributed by atoms with Crippen LogP contribution >= 0.6 is 0 Å². The first-order valence-corrected chi connectivity index (χ1v) is 10.9. The average Bonchev–Trinajstić information content (AvgIpc) is 2.84. The Morgan fingerprint density at radius 2 is 1.76 bits per heavy atom. The van der Waals surface area contributed by atoms with Gasteiger partial charge in [-0.25, -0.2) is 14.8 Å². The maximum absolute atomic E-state index is 13.8. The fourth-order valence-electron chi connectivity index (χ4n) is 4.39. The molecule has 1 aliphatic rings. The quantitative estimate of drug-likeness (QED) is 0.493. The first-order valence-electron chi connectivity index (χ1n) is 10.9. The number of nitrogens with zero attached hydrogens (tertiary/aromatic N) is 3. The maximum Gasteiger partial charge on any atom is 0.417 e. The van der Waals surface area contributed by atoms with Crippen LogP contribution in [0.4, 0.5) is 23.7 Å². The second kappa shape index (κ2) is 9.51. The number of benzene rings is 2. The monoisotopic (exact) mass is 465 g/mol. The molecule has 0 saturated heterocycles. The first-order chi connectivity index (χ1) is 16.3. The molecule has 1 fully saturated rings. The van der Waals surface area contributed by atoms with Gasteiger partial charge >= 0.3 is 12.2 Å². The van der Waals surface area contributed by atoms with E-state index in [1.54, 1.807) is 36.4 Å². The Morgan fingerprint density at radius 1 is 1.03 bits per heavy atom. The van der Waals surface area contributed by atoms with Crippen molar-refractivity contribution in [2.75, 3.05) is 5.32 Å². The molecule has 0 bridgehead atoms. The van der Waals surface area contributed by atoms with Crippen LogP contribution in [0.15, 0.2) is 60.8 Å². The third-order valence-electron chi connectivity index (χ3n) is 5.97. The Kier molecular flexibility index (Phi) is 6.50. The highest BCUT2D eigenvalue weighted by Crippen LogP contribution is 2.39. The molecule has 3 aromatic rings. The number of hydrogen-bond acceptors (Lipinski definition) is 4. The van der Waals surface area contributed by atoms with Gasteiger partial charge in [-0.2, -0.15) is 18.4 Å². The zero-order chi connectivity index (χ0) is 24.2. The number of hydrogen-bond donors (Lipinski definition) is 2. The van der Waals surface area contributed by atoms with E-state index in [0.717, 1.165) is 25.3 Å². The molecule has 0 unspecified atom stereocenters. The van der Waals surface area contributed by atoms with Crippen molar-refractivity contribution in [3.05, 3.63) is 77.9 Å². The summed E-state index contributed by atoms with van der Waals surface area (Å²) >= 11 is 0. The second-order valence-corrected chi connectivity index (χ2v) is 8.22. The number of amides is 2. The molecule has 2 aromatic carbocycles. The van der Waals surface area contributed by atoms with E-state index in [1.807, 2.05) is 6.07 Å². The van der Waals surface area contributed by atoms with Gasteiger partial charge in [-0.1, -0.05) is 55.7 Å². The van der Waals surface area contributed by atoms with Gasteiger partial charge in [0.05, 0.1) is 16.8 Å². The first kappa shape index (κ1) is 23.2. The van der Waals surface area contributed by atoms with E-state index in [9.17, 15) is 18.0 Å². The zero-order valence-corrected chi connectivity index (χ0v) is 18.2. The number of alkyl halides is 3. The number of carbonyl (C=O) groups excluding carboxylic acids is 1. The van der Waals surface area contributed by atoms with Crippen molar-refractivity contribution in [2.45, 2.75) is 43.8 Å². The van der Waals surface area contributed by atoms with Crippen molar-refractivity contribution in [3.8, 4) is 17.2 Å². The Labute approximate surface area is 194 Å². The summed E-state index contributed by atoms with van der Waals surface area (Å²) in [6.07, 6.45) is 0.753. The smallest absolute Gasteiger partial charge is 0.327 e. The van der Waals surface area contributed by atoms with E-state index in [1.165, 1.54) is 18.3 Å². The standard InChI is InChI=1S/C25H22F3N5O/c26-25(27,28)20-15-18(9-10-19(20)17-7-3-1-4-8-17)31-23(34)33-24(12-5-2-6-13-24)21-11-14-30-22(16-29)32-21/h1,3-4,7-11,14-15H,2,5-6,12-13H2,(H2,31,33,34). The molecule has 0 spiro atoms. The molecule has 6 nitrogen and oxygen atoms in total. The molecule has 1 aromatic heterocycles. The fourth-order valence-corrected chi connectivity index (χ4v) is 4.39. The summed E-state index contributed by atoms with van der Waals surface area (Å²) in [4.78, 5) is 21.1. The Balaban J connectivity index is 1.61. The number of nitrogens with one attached hydrogen (secondary N) is 2. The molecule has 0 aliphatic heterocycles. The lowest BCUT2D eigenvalue weighted by Crippen LogP contribution is -2.49. The molecule has 34 heavy (non-hydrogen) atoms. The number of aromatic nitrogens is 2. The lowest BCUT2D eigenvalue weighted by molar-refractivity contribution is -0.137. The van der Waals surface area contributed by atoms with E-state index in [2.05, 4.69) is 20.6 Å². The zero-order valence-electron chi connectivity index (χ0n) is 18.2. The number of rotatable bonds is 4. The van der Waals surface area contributed by atoms with Crippen LogP contribution in [0.2, 0.25) is 0 Å². The number of urea groups is 1. The maximum atomic E-state index is 13.8. The SMILES string of the molecule is N#Cc1nccc(C2(NC(=O)Nc3ccc(-c4ccccc4)c(C(F)(F)F)c3)CCCCC2)n1. The Hall–Kier alpha value is -3.93. The molecule has 1 heterocycles. The molecule has 2 amide bonds. The van der Waals surface area contributed by atoms with Crippen LogP contribution in [0, 0.1) is 11.3 Å². The second-order valence-electron chi connectivity index (χ2n) is 8.22. The molecule has 2 N–H and O–H groups in total. The van der Waals surface area contributed by atoms with Crippen molar-refractivity contribution < 1.29 is 18.0 Å². The van der Waals surface area contributed by atoms with Crippen molar-refractivity contribution >= 4 is 11.7 Å². The van der Waals surface area contributed by atoms with Gasteiger partial charge in [0.25, 0.3) is 0 Å². The minimum atomic E-state index is -4.60. The molecular weight excluding hydrogens is 443 g/mol. The summed E-state index contributed by atoms with van der Waals surface area (Å²) < 4.78 is 41.4. The number of halogens is 3. The van der Waals surface area contributed by atoms with Crippen molar-refractivity contribution in [2.24, 2.45) is 0 Å². The van der Waals surface area contributed by atoms with Crippen molar-refractivity contribution in [1.29, 1.82) is 5.26 Å². The minimum absolute atomic E-state index is 0.00373. The molecule has 174 valence electrons. The molecule has 1 aliphatic carbocycles. The van der Waals surface area contributed by atoms with Gasteiger partial charge in [-0.15, -0.1) is 0 Å². The van der Waals surface area contributed by atoms with Crippen LogP contribution < -0.4 is 10.6 Å². The highest BCUT2D eigenvalue weighted by Gasteiger charge is 2.38. The fraction of sp³-hybridized carbons (Fsp3) is 0.280. The molecular formula is C25H22F3N5O. The van der Waals surface area contributed by atoms with E-state index in [4.69, 9.17) is 5.26 Å². The largest absolute Gasteiger partial charge is 0.417 e. The van der Waals surface area contributed by atoms with Gasteiger partial charge in [-0.3, -0.25) is 0 Å². The van der Waals surface area contributed by atoms with Crippen molar-refractivity contribution in [3.63, 3.8) is 0 Å². The number of anilines is 1. The van der Waals surface area contributed by atoms with Crippen LogP contribution in [-0.2, 0) is 11.7 Å². The lowest BCUT2D eigenvalue weighted by Gasteiger charge is -2.37. The average molecular weight is 465 g/mol. The van der Waals surface area contributed by atoms with Gasteiger partial charge in [0.2, 0.25) is 5.82 Å². The summed E-state index contributed by atoms with van der Waals surface area (Å²) in [5, 5.41) is 14.6. The molecule has 1 saturated carbocycles. The van der Waals surface area contributed by atoms with Gasteiger partial charge in [0, 0.05) is 11.9 Å².